The molecule has 2 aromatic rings. The number of aromatic nitrogens is 1. The van der Waals surface area contributed by atoms with E-state index in [1.54, 1.807) is 0 Å². The van der Waals surface area contributed by atoms with Crippen molar-refractivity contribution in [2.45, 2.75) is 0 Å². The van der Waals surface area contributed by atoms with Gasteiger partial charge in [0.2, 0.25) is 0 Å². The molecule has 1 fully saturated rings. The minimum Gasteiger partial charge on any atom is -0.368 e. The molecule has 106 valence electrons. The molecule has 1 aliphatic heterocycles. The van der Waals surface area contributed by atoms with Crippen LogP contribution in [0.1, 0.15) is 0 Å². The maximum atomic E-state index is 6.05. The van der Waals surface area contributed by atoms with E-state index in [0.717, 1.165) is 48.6 Å². The van der Waals surface area contributed by atoms with E-state index in [2.05, 4.69) is 42.8 Å². The molecule has 0 aliphatic carbocycles. The molecule has 1 aliphatic rings. The average Bonchev–Trinajstić information content (AvgIpc) is 2.47. The van der Waals surface area contributed by atoms with Gasteiger partial charge in [0, 0.05) is 60.3 Å². The Kier molecular flexibility index (Phi) is 4.44. The van der Waals surface area contributed by atoms with Crippen LogP contribution in [0.2, 0.25) is 5.02 Å². The van der Waals surface area contributed by atoms with Crippen LogP contribution < -0.4 is 4.90 Å². The second kappa shape index (κ2) is 6.29. The molecule has 0 N–H and O–H groups in total. The van der Waals surface area contributed by atoms with Gasteiger partial charge in [-0.1, -0.05) is 27.5 Å². The van der Waals surface area contributed by atoms with Gasteiger partial charge >= 0.3 is 0 Å². The molecule has 0 unspecified atom stereocenters. The maximum absolute atomic E-state index is 6.05. The Balaban J connectivity index is 1.84. The van der Waals surface area contributed by atoms with Gasteiger partial charge in [-0.05, 0) is 24.3 Å². The predicted octanol–water partition coefficient (Wildman–Crippen LogP) is 3.41. The molecule has 1 aromatic carbocycles. The van der Waals surface area contributed by atoms with Crippen LogP contribution in [0.15, 0.2) is 30.5 Å². The largest absolute Gasteiger partial charge is 0.368 e. The third-order valence-electron chi connectivity index (χ3n) is 3.80. The van der Waals surface area contributed by atoms with E-state index in [1.165, 1.54) is 11.1 Å². The number of piperazine rings is 1. The second-order valence-electron chi connectivity index (χ2n) is 5.01. The number of benzene rings is 1. The highest BCUT2D eigenvalue weighted by atomic mass is 79.9. The fraction of sp³-hybridized carbons (Fsp3) is 0.400. The third kappa shape index (κ3) is 2.92. The van der Waals surface area contributed by atoms with Gasteiger partial charge < -0.3 is 4.90 Å². The van der Waals surface area contributed by atoms with Crippen LogP contribution in [-0.2, 0) is 0 Å². The lowest BCUT2D eigenvalue weighted by Crippen LogP contribution is -2.47. The lowest BCUT2D eigenvalue weighted by atomic mass is 10.1. The predicted molar refractivity (Wildman–Crippen MR) is 89.2 cm³/mol. The van der Waals surface area contributed by atoms with Crippen LogP contribution >= 0.6 is 27.5 Å². The van der Waals surface area contributed by atoms with Crippen LogP contribution in [0, 0.1) is 0 Å². The van der Waals surface area contributed by atoms with Crippen LogP contribution in [0.4, 0.5) is 5.69 Å². The summed E-state index contributed by atoms with van der Waals surface area (Å²) in [7, 11) is 0. The molecule has 0 spiro atoms. The minimum absolute atomic E-state index is 0.740. The van der Waals surface area contributed by atoms with Crippen molar-refractivity contribution in [2.24, 2.45) is 0 Å². The Bertz CT molecular complexity index is 597. The van der Waals surface area contributed by atoms with E-state index in [0.29, 0.717) is 0 Å². The first kappa shape index (κ1) is 14.1. The fourth-order valence-electron chi connectivity index (χ4n) is 2.71. The lowest BCUT2D eigenvalue weighted by molar-refractivity contribution is 0.274. The summed E-state index contributed by atoms with van der Waals surface area (Å²) >= 11 is 9.55. The van der Waals surface area contributed by atoms with Crippen LogP contribution in [0.3, 0.4) is 0 Å². The number of pyridine rings is 1. The SMILES string of the molecule is Clc1ccc2c(N3CCN(CCBr)CC3)ccnc2c1. The molecule has 0 atom stereocenters. The first-order valence-corrected chi connectivity index (χ1v) is 8.35. The number of rotatable bonds is 3. The van der Waals surface area contributed by atoms with Gasteiger partial charge in [0.25, 0.3) is 0 Å². The number of fused-ring (bicyclic) bond motifs is 1. The maximum Gasteiger partial charge on any atom is 0.0737 e. The molecule has 20 heavy (non-hydrogen) atoms. The number of alkyl halides is 1. The molecule has 0 radical (unpaired) electrons. The van der Waals surface area contributed by atoms with Crippen molar-refractivity contribution in [1.29, 1.82) is 0 Å². The quantitative estimate of drug-likeness (QED) is 0.788. The van der Waals surface area contributed by atoms with Crippen molar-refractivity contribution in [3.05, 3.63) is 35.5 Å². The van der Waals surface area contributed by atoms with Gasteiger partial charge in [-0.15, -0.1) is 0 Å². The highest BCUT2D eigenvalue weighted by Gasteiger charge is 2.18. The Morgan fingerprint density at radius 2 is 1.95 bits per heavy atom. The Labute approximate surface area is 132 Å². The zero-order valence-electron chi connectivity index (χ0n) is 11.2. The highest BCUT2D eigenvalue weighted by Crippen LogP contribution is 2.28. The molecule has 2 heterocycles. The fourth-order valence-corrected chi connectivity index (χ4v) is 3.38. The monoisotopic (exact) mass is 353 g/mol. The summed E-state index contributed by atoms with van der Waals surface area (Å²) in [5, 5.41) is 2.97. The first-order chi connectivity index (χ1) is 9.78. The van der Waals surface area contributed by atoms with Gasteiger partial charge in [0.1, 0.15) is 0 Å². The molecule has 0 bridgehead atoms. The normalized spacial score (nSPS) is 16.8. The highest BCUT2D eigenvalue weighted by molar-refractivity contribution is 9.09. The topological polar surface area (TPSA) is 19.4 Å². The minimum atomic E-state index is 0.740. The Morgan fingerprint density at radius 1 is 1.15 bits per heavy atom. The number of anilines is 1. The smallest absolute Gasteiger partial charge is 0.0737 e. The summed E-state index contributed by atoms with van der Waals surface area (Å²) in [6.45, 7) is 5.48. The van der Waals surface area contributed by atoms with Crippen molar-refractivity contribution < 1.29 is 0 Å². The Hall–Kier alpha value is -0.840. The number of halogens is 2. The molecule has 1 aromatic heterocycles. The van der Waals surface area contributed by atoms with Crippen molar-refractivity contribution in [3.8, 4) is 0 Å². The van der Waals surface area contributed by atoms with Crippen molar-refractivity contribution in [2.75, 3.05) is 43.0 Å². The van der Waals surface area contributed by atoms with Gasteiger partial charge in [0.15, 0.2) is 0 Å². The first-order valence-electron chi connectivity index (χ1n) is 6.85. The third-order valence-corrected chi connectivity index (χ3v) is 4.39. The van der Waals surface area contributed by atoms with Gasteiger partial charge in [-0.2, -0.15) is 0 Å². The summed E-state index contributed by atoms with van der Waals surface area (Å²) in [6, 6.07) is 8.05. The molecule has 0 amide bonds. The van der Waals surface area contributed by atoms with E-state index in [4.69, 9.17) is 11.6 Å². The van der Waals surface area contributed by atoms with Gasteiger partial charge in [0.05, 0.1) is 5.52 Å². The van der Waals surface area contributed by atoms with Gasteiger partial charge in [-0.3, -0.25) is 9.88 Å². The number of nitrogens with zero attached hydrogens (tertiary/aromatic N) is 3. The summed E-state index contributed by atoms with van der Waals surface area (Å²) in [5.74, 6) is 0. The summed E-state index contributed by atoms with van der Waals surface area (Å²) in [6.07, 6.45) is 1.87. The van der Waals surface area contributed by atoms with Crippen molar-refractivity contribution in [3.63, 3.8) is 0 Å². The van der Waals surface area contributed by atoms with E-state index < -0.39 is 0 Å². The Morgan fingerprint density at radius 3 is 2.70 bits per heavy atom. The molecular formula is C15H17BrClN3. The van der Waals surface area contributed by atoms with Crippen LogP contribution in [0.5, 0.6) is 0 Å². The van der Waals surface area contributed by atoms with Crippen molar-refractivity contribution in [1.82, 2.24) is 9.88 Å². The van der Waals surface area contributed by atoms with Crippen molar-refractivity contribution >= 4 is 44.1 Å². The average molecular weight is 355 g/mol. The van der Waals surface area contributed by atoms with Crippen LogP contribution in [0.25, 0.3) is 10.9 Å². The molecule has 1 saturated heterocycles. The lowest BCUT2D eigenvalue weighted by Gasteiger charge is -2.36. The standard InChI is InChI=1S/C15H17BrClN3/c16-4-6-19-7-9-20(10-8-19)15-3-5-18-14-11-12(17)1-2-13(14)15/h1-3,5,11H,4,6-10H2. The van der Waals surface area contributed by atoms with E-state index >= 15 is 0 Å². The zero-order valence-corrected chi connectivity index (χ0v) is 13.6. The summed E-state index contributed by atoms with van der Waals surface area (Å²) in [4.78, 5) is 9.35. The van der Waals surface area contributed by atoms with E-state index in [1.807, 2.05) is 18.3 Å². The van der Waals surface area contributed by atoms with Crippen LogP contribution in [-0.4, -0.2) is 47.9 Å². The second-order valence-corrected chi connectivity index (χ2v) is 6.24. The molecule has 3 rings (SSSR count). The molecule has 3 nitrogen and oxygen atoms in total. The summed E-state index contributed by atoms with van der Waals surface area (Å²) < 4.78 is 0. The number of hydrogen-bond donors (Lipinski definition) is 0. The molecule has 5 heteroatoms. The molecular weight excluding hydrogens is 338 g/mol. The summed E-state index contributed by atoms with van der Waals surface area (Å²) in [5.41, 5.74) is 2.24. The van der Waals surface area contributed by atoms with Gasteiger partial charge in [-0.25, -0.2) is 0 Å². The zero-order chi connectivity index (χ0) is 13.9. The number of hydrogen-bond acceptors (Lipinski definition) is 3. The van der Waals surface area contributed by atoms with E-state index in [9.17, 15) is 0 Å². The molecule has 0 saturated carbocycles. The van der Waals surface area contributed by atoms with E-state index in [-0.39, 0.29) is 0 Å².